The minimum Gasteiger partial charge on any atom is -0.332 e. The van der Waals surface area contributed by atoms with E-state index in [-0.39, 0.29) is 11.8 Å². The molecule has 0 unspecified atom stereocenters. The fraction of sp³-hybridized carbons (Fsp3) is 0.769. The zero-order valence-corrected chi connectivity index (χ0v) is 11.9. The Bertz CT molecular complexity index is 385. The molecule has 2 heterocycles. The number of piperazine rings is 1. The summed E-state index contributed by atoms with van der Waals surface area (Å²) < 4.78 is 0. The summed E-state index contributed by atoms with van der Waals surface area (Å²) >= 11 is 0. The first-order valence-electron chi connectivity index (χ1n) is 7.11. The maximum absolute atomic E-state index is 12.0. The van der Waals surface area contributed by atoms with Gasteiger partial charge in [-0.1, -0.05) is 0 Å². The average molecular weight is 282 g/mol. The van der Waals surface area contributed by atoms with Crippen LogP contribution in [0.25, 0.3) is 0 Å². The summed E-state index contributed by atoms with van der Waals surface area (Å²) in [6, 6.07) is 0. The second-order valence-corrected chi connectivity index (χ2v) is 5.44. The Hall–Kier alpha value is -1.47. The van der Waals surface area contributed by atoms with Crippen molar-refractivity contribution in [2.45, 2.75) is 12.8 Å². The Morgan fingerprint density at radius 3 is 2.25 bits per heavy atom. The van der Waals surface area contributed by atoms with E-state index in [4.69, 9.17) is 0 Å². The van der Waals surface area contributed by atoms with Crippen molar-refractivity contribution in [1.82, 2.24) is 20.4 Å². The predicted molar refractivity (Wildman–Crippen MR) is 72.8 cm³/mol. The van der Waals surface area contributed by atoms with Gasteiger partial charge < -0.3 is 15.1 Å². The Morgan fingerprint density at radius 2 is 1.65 bits per heavy atom. The summed E-state index contributed by atoms with van der Waals surface area (Å²) in [5.74, 6) is -1.88. The van der Waals surface area contributed by atoms with Crippen molar-refractivity contribution in [1.29, 1.82) is 0 Å². The molecule has 0 aromatic rings. The molecule has 0 bridgehead atoms. The lowest BCUT2D eigenvalue weighted by Gasteiger charge is -2.31. The monoisotopic (exact) mass is 282 g/mol. The number of piperidine rings is 1. The van der Waals surface area contributed by atoms with Gasteiger partial charge in [0.05, 0.1) is 0 Å². The second-order valence-electron chi connectivity index (χ2n) is 5.44. The van der Waals surface area contributed by atoms with Gasteiger partial charge in [0.1, 0.15) is 0 Å². The van der Waals surface area contributed by atoms with Gasteiger partial charge in [-0.15, -0.1) is 0 Å². The van der Waals surface area contributed by atoms with Crippen LogP contribution in [0.2, 0.25) is 0 Å². The largest absolute Gasteiger partial charge is 0.332 e. The van der Waals surface area contributed by atoms with E-state index in [1.54, 1.807) is 0 Å². The summed E-state index contributed by atoms with van der Waals surface area (Å²) in [5.41, 5.74) is 0. The van der Waals surface area contributed by atoms with Gasteiger partial charge in [-0.3, -0.25) is 19.7 Å². The first-order chi connectivity index (χ1) is 9.58. The Kier molecular flexibility index (Phi) is 5.08. The molecule has 0 spiro atoms. The molecule has 112 valence electrons. The molecular formula is C13H22N4O3. The number of carbonyl (C=O) groups is 3. The molecule has 0 aliphatic carbocycles. The number of nitrogens with one attached hydrogen (secondary N) is 2. The van der Waals surface area contributed by atoms with Gasteiger partial charge in [0.25, 0.3) is 0 Å². The van der Waals surface area contributed by atoms with Crippen LogP contribution in [-0.4, -0.2) is 73.8 Å². The molecule has 0 aromatic carbocycles. The summed E-state index contributed by atoms with van der Waals surface area (Å²) in [4.78, 5) is 39.3. The highest BCUT2D eigenvalue weighted by molar-refractivity contribution is 6.37. The zero-order chi connectivity index (χ0) is 14.5. The molecule has 2 rings (SSSR count). The summed E-state index contributed by atoms with van der Waals surface area (Å²) in [6.07, 6.45) is 1.42. The third-order valence-electron chi connectivity index (χ3n) is 3.93. The SMILES string of the molecule is CN1CCN(C(=O)C(=O)NC(=O)C2CCNCC2)CC1. The topological polar surface area (TPSA) is 81.8 Å². The second kappa shape index (κ2) is 6.81. The molecule has 7 nitrogen and oxygen atoms in total. The number of nitrogens with zero attached hydrogens (tertiary/aromatic N) is 2. The van der Waals surface area contributed by atoms with Crippen LogP contribution in [0.4, 0.5) is 0 Å². The summed E-state index contributed by atoms with van der Waals surface area (Å²) in [5, 5.41) is 5.40. The van der Waals surface area contributed by atoms with Crippen molar-refractivity contribution >= 4 is 17.7 Å². The van der Waals surface area contributed by atoms with Crippen molar-refractivity contribution in [3.63, 3.8) is 0 Å². The highest BCUT2D eigenvalue weighted by atomic mass is 16.2. The number of imide groups is 1. The number of carbonyl (C=O) groups excluding carboxylic acids is 3. The van der Waals surface area contributed by atoms with Gasteiger partial charge in [-0.25, -0.2) is 0 Å². The lowest BCUT2D eigenvalue weighted by Crippen LogP contribution is -2.53. The normalized spacial score (nSPS) is 21.6. The third-order valence-corrected chi connectivity index (χ3v) is 3.93. The van der Waals surface area contributed by atoms with Crippen LogP contribution < -0.4 is 10.6 Å². The van der Waals surface area contributed by atoms with E-state index in [0.29, 0.717) is 25.9 Å². The van der Waals surface area contributed by atoms with E-state index in [2.05, 4.69) is 15.5 Å². The minimum absolute atomic E-state index is 0.166. The number of amides is 3. The van der Waals surface area contributed by atoms with Crippen molar-refractivity contribution in [2.24, 2.45) is 5.92 Å². The van der Waals surface area contributed by atoms with Crippen LogP contribution in [0, 0.1) is 5.92 Å². The first kappa shape index (κ1) is 14.9. The van der Waals surface area contributed by atoms with Crippen LogP contribution in [-0.2, 0) is 14.4 Å². The van der Waals surface area contributed by atoms with Crippen LogP contribution >= 0.6 is 0 Å². The van der Waals surface area contributed by atoms with Crippen LogP contribution in [0.1, 0.15) is 12.8 Å². The van der Waals surface area contributed by atoms with Crippen molar-refractivity contribution < 1.29 is 14.4 Å². The Labute approximate surface area is 118 Å². The Morgan fingerprint density at radius 1 is 1.05 bits per heavy atom. The molecule has 7 heteroatoms. The van der Waals surface area contributed by atoms with E-state index in [1.165, 1.54) is 4.90 Å². The maximum atomic E-state index is 12.0. The van der Waals surface area contributed by atoms with Gasteiger partial charge in [0.15, 0.2) is 0 Å². The fourth-order valence-corrected chi connectivity index (χ4v) is 2.50. The number of hydrogen-bond donors (Lipinski definition) is 2. The number of hydrogen-bond acceptors (Lipinski definition) is 5. The van der Waals surface area contributed by atoms with Crippen LogP contribution in [0.5, 0.6) is 0 Å². The zero-order valence-electron chi connectivity index (χ0n) is 11.9. The first-order valence-corrected chi connectivity index (χ1v) is 7.11. The molecule has 0 radical (unpaired) electrons. The Balaban J connectivity index is 1.81. The van der Waals surface area contributed by atoms with Crippen LogP contribution in [0.15, 0.2) is 0 Å². The molecule has 2 saturated heterocycles. The minimum atomic E-state index is -0.793. The smallest absolute Gasteiger partial charge is 0.316 e. The van der Waals surface area contributed by atoms with E-state index >= 15 is 0 Å². The van der Waals surface area contributed by atoms with E-state index in [1.807, 2.05) is 7.05 Å². The summed E-state index contributed by atoms with van der Waals surface area (Å²) in [7, 11) is 1.97. The van der Waals surface area contributed by atoms with Gasteiger partial charge in [0.2, 0.25) is 5.91 Å². The van der Waals surface area contributed by atoms with Gasteiger partial charge >= 0.3 is 11.8 Å². The third kappa shape index (κ3) is 3.77. The molecule has 0 atom stereocenters. The van der Waals surface area contributed by atoms with Crippen LogP contribution in [0.3, 0.4) is 0 Å². The molecule has 0 saturated carbocycles. The van der Waals surface area contributed by atoms with Gasteiger partial charge in [-0.05, 0) is 33.0 Å². The van der Waals surface area contributed by atoms with Crippen molar-refractivity contribution in [3.05, 3.63) is 0 Å². The van der Waals surface area contributed by atoms with Gasteiger partial charge in [0, 0.05) is 32.1 Å². The molecule has 0 aromatic heterocycles. The molecule has 2 N–H and O–H groups in total. The lowest BCUT2D eigenvalue weighted by atomic mass is 9.97. The van der Waals surface area contributed by atoms with E-state index in [0.717, 1.165) is 26.2 Å². The van der Waals surface area contributed by atoms with E-state index in [9.17, 15) is 14.4 Å². The van der Waals surface area contributed by atoms with Crippen molar-refractivity contribution in [3.8, 4) is 0 Å². The average Bonchev–Trinajstić information content (AvgIpc) is 2.48. The predicted octanol–water partition coefficient (Wildman–Crippen LogP) is -1.60. The number of likely N-dealkylation sites (N-methyl/N-ethyl adjacent to an activating group) is 1. The maximum Gasteiger partial charge on any atom is 0.316 e. The quantitative estimate of drug-likeness (QED) is 0.566. The van der Waals surface area contributed by atoms with Gasteiger partial charge in [-0.2, -0.15) is 0 Å². The fourth-order valence-electron chi connectivity index (χ4n) is 2.50. The van der Waals surface area contributed by atoms with Crippen molar-refractivity contribution in [2.75, 3.05) is 46.3 Å². The van der Waals surface area contributed by atoms with E-state index < -0.39 is 11.8 Å². The lowest BCUT2D eigenvalue weighted by molar-refractivity contribution is -0.149. The molecule has 2 aliphatic rings. The highest BCUT2D eigenvalue weighted by Crippen LogP contribution is 2.11. The molecular weight excluding hydrogens is 260 g/mol. The summed E-state index contributed by atoms with van der Waals surface area (Å²) in [6.45, 7) is 4.12. The standard InChI is InChI=1S/C13H22N4O3/c1-16-6-8-17(9-7-16)13(20)12(19)15-11(18)10-2-4-14-5-3-10/h10,14H,2-9H2,1H3,(H,15,18,19). The highest BCUT2D eigenvalue weighted by Gasteiger charge is 2.28. The molecule has 2 fully saturated rings. The molecule has 2 aliphatic heterocycles. The number of rotatable bonds is 1. The molecule has 20 heavy (non-hydrogen) atoms. The molecule has 3 amide bonds.